The van der Waals surface area contributed by atoms with Crippen LogP contribution in [0.5, 0.6) is 0 Å². The molecule has 2 N–H and O–H groups in total. The lowest BCUT2D eigenvalue weighted by Gasteiger charge is -1.90. The van der Waals surface area contributed by atoms with Crippen LogP contribution in [0.2, 0.25) is 0 Å². The first kappa shape index (κ1) is 5.79. The molecule has 1 saturated carbocycles. The predicted molar refractivity (Wildman–Crippen MR) is 31.9 cm³/mol. The van der Waals surface area contributed by atoms with Crippen molar-refractivity contribution in [2.45, 2.75) is 6.42 Å². The summed E-state index contributed by atoms with van der Waals surface area (Å²) in [5.41, 5.74) is 0. The molecule has 8 heavy (non-hydrogen) atoms. The zero-order chi connectivity index (χ0) is 5.98. The van der Waals surface area contributed by atoms with E-state index in [9.17, 15) is 0 Å². The van der Waals surface area contributed by atoms with Crippen molar-refractivity contribution in [3.05, 3.63) is 12.7 Å². The minimum absolute atomic E-state index is 0.664. The highest BCUT2D eigenvalue weighted by Gasteiger charge is 2.33. The van der Waals surface area contributed by atoms with Gasteiger partial charge in [0.25, 0.3) is 0 Å². The van der Waals surface area contributed by atoms with Gasteiger partial charge in [0.05, 0.1) is 6.61 Å². The van der Waals surface area contributed by atoms with Crippen molar-refractivity contribution in [1.29, 1.82) is 0 Å². The van der Waals surface area contributed by atoms with Gasteiger partial charge in [0.2, 0.25) is 0 Å². The molecule has 0 spiro atoms. The molecule has 2 heteroatoms. The van der Waals surface area contributed by atoms with Crippen LogP contribution >= 0.6 is 0 Å². The summed E-state index contributed by atoms with van der Waals surface area (Å²) in [4.78, 5) is 4.45. The Kier molecular flexibility index (Phi) is 1.65. The quantitative estimate of drug-likeness (QED) is 0.432. The van der Waals surface area contributed by atoms with Crippen LogP contribution in [-0.4, -0.2) is 6.61 Å². The lowest BCUT2D eigenvalue weighted by atomic mass is 10.3. The summed E-state index contributed by atoms with van der Waals surface area (Å²) in [5.74, 6) is 6.20. The highest BCUT2D eigenvalue weighted by atomic mass is 16.6. The fourth-order valence-corrected chi connectivity index (χ4v) is 0.875. The Morgan fingerprint density at radius 1 is 1.88 bits per heavy atom. The average Bonchev–Trinajstić information content (AvgIpc) is 2.48. The lowest BCUT2D eigenvalue weighted by molar-refractivity contribution is 0.125. The molecular weight excluding hydrogens is 102 g/mol. The van der Waals surface area contributed by atoms with Crippen molar-refractivity contribution in [3.8, 4) is 0 Å². The molecule has 1 aliphatic carbocycles. The Balaban J connectivity index is 2.07. The topological polar surface area (TPSA) is 35.2 Å². The van der Waals surface area contributed by atoms with E-state index < -0.39 is 0 Å². The molecule has 0 saturated heterocycles. The molecule has 0 aromatic rings. The van der Waals surface area contributed by atoms with Crippen LogP contribution in [0, 0.1) is 11.8 Å². The third-order valence-electron chi connectivity index (χ3n) is 1.59. The van der Waals surface area contributed by atoms with E-state index in [1.54, 1.807) is 0 Å². The van der Waals surface area contributed by atoms with Gasteiger partial charge in [0, 0.05) is 0 Å². The van der Waals surface area contributed by atoms with Gasteiger partial charge in [-0.25, -0.2) is 5.90 Å². The Bertz CT molecular complexity index is 92.5. The van der Waals surface area contributed by atoms with Crippen molar-refractivity contribution >= 4 is 0 Å². The van der Waals surface area contributed by atoms with Crippen molar-refractivity contribution in [1.82, 2.24) is 0 Å². The van der Waals surface area contributed by atoms with E-state index in [1.165, 1.54) is 6.42 Å². The Hall–Kier alpha value is -0.340. The molecule has 0 radical (unpaired) electrons. The molecule has 2 nitrogen and oxygen atoms in total. The Labute approximate surface area is 49.3 Å². The first-order chi connectivity index (χ1) is 3.88. The summed E-state index contributed by atoms with van der Waals surface area (Å²) < 4.78 is 0. The van der Waals surface area contributed by atoms with E-state index in [-0.39, 0.29) is 0 Å². The van der Waals surface area contributed by atoms with Gasteiger partial charge in [-0.05, 0) is 18.3 Å². The molecule has 1 fully saturated rings. The van der Waals surface area contributed by atoms with Crippen LogP contribution in [0.25, 0.3) is 0 Å². The van der Waals surface area contributed by atoms with E-state index in [0.29, 0.717) is 18.4 Å². The SMILES string of the molecule is C=CC1CC1CON. The molecule has 1 rings (SSSR count). The Morgan fingerprint density at radius 3 is 3.00 bits per heavy atom. The van der Waals surface area contributed by atoms with E-state index >= 15 is 0 Å². The number of nitrogens with two attached hydrogens (primary N) is 1. The van der Waals surface area contributed by atoms with Crippen molar-refractivity contribution in [2.24, 2.45) is 17.7 Å². The molecular formula is C6H11NO. The van der Waals surface area contributed by atoms with Crippen LogP contribution < -0.4 is 5.90 Å². The number of allylic oxidation sites excluding steroid dienone is 1. The molecule has 0 aromatic heterocycles. The summed E-state index contributed by atoms with van der Waals surface area (Å²) in [6, 6.07) is 0. The van der Waals surface area contributed by atoms with Gasteiger partial charge in [-0.2, -0.15) is 0 Å². The molecule has 2 atom stereocenters. The maximum atomic E-state index is 4.85. The minimum atomic E-state index is 0.664. The average molecular weight is 113 g/mol. The van der Waals surface area contributed by atoms with Gasteiger partial charge in [-0.3, -0.25) is 0 Å². The summed E-state index contributed by atoms with van der Waals surface area (Å²) >= 11 is 0. The summed E-state index contributed by atoms with van der Waals surface area (Å²) in [6.07, 6.45) is 3.17. The number of hydrogen-bond acceptors (Lipinski definition) is 2. The van der Waals surface area contributed by atoms with Crippen LogP contribution in [0.3, 0.4) is 0 Å². The highest BCUT2D eigenvalue weighted by Crippen LogP contribution is 2.38. The highest BCUT2D eigenvalue weighted by molar-refractivity contribution is 4.97. The van der Waals surface area contributed by atoms with E-state index in [4.69, 9.17) is 5.90 Å². The summed E-state index contributed by atoms with van der Waals surface area (Å²) in [7, 11) is 0. The van der Waals surface area contributed by atoms with Gasteiger partial charge in [-0.15, -0.1) is 6.58 Å². The normalized spacial score (nSPS) is 34.6. The summed E-state index contributed by atoms with van der Waals surface area (Å²) in [6.45, 7) is 4.35. The zero-order valence-electron chi connectivity index (χ0n) is 4.84. The fourth-order valence-electron chi connectivity index (χ4n) is 0.875. The molecule has 1 aliphatic rings. The monoisotopic (exact) mass is 113 g/mol. The fraction of sp³-hybridized carbons (Fsp3) is 0.667. The molecule has 0 heterocycles. The second kappa shape index (κ2) is 2.29. The van der Waals surface area contributed by atoms with Gasteiger partial charge in [0.15, 0.2) is 0 Å². The van der Waals surface area contributed by atoms with Gasteiger partial charge in [0.1, 0.15) is 0 Å². The van der Waals surface area contributed by atoms with Crippen molar-refractivity contribution < 1.29 is 4.84 Å². The van der Waals surface area contributed by atoms with E-state index in [1.807, 2.05) is 6.08 Å². The van der Waals surface area contributed by atoms with Crippen molar-refractivity contribution in [2.75, 3.05) is 6.61 Å². The second-order valence-corrected chi connectivity index (χ2v) is 2.23. The standard InChI is InChI=1S/C6H11NO/c1-2-5-3-6(5)4-8-7/h2,5-6H,1,3-4,7H2. The van der Waals surface area contributed by atoms with E-state index in [0.717, 1.165) is 0 Å². The van der Waals surface area contributed by atoms with Crippen LogP contribution in [-0.2, 0) is 4.84 Å². The van der Waals surface area contributed by atoms with Crippen LogP contribution in [0.15, 0.2) is 12.7 Å². The zero-order valence-corrected chi connectivity index (χ0v) is 4.84. The predicted octanol–water partition coefficient (Wildman–Crippen LogP) is 0.699. The molecule has 0 aliphatic heterocycles. The maximum Gasteiger partial charge on any atom is 0.0713 e. The van der Waals surface area contributed by atoms with Crippen molar-refractivity contribution in [3.63, 3.8) is 0 Å². The van der Waals surface area contributed by atoms with E-state index in [2.05, 4.69) is 11.4 Å². The van der Waals surface area contributed by atoms with Crippen LogP contribution in [0.4, 0.5) is 0 Å². The molecule has 2 unspecified atom stereocenters. The lowest BCUT2D eigenvalue weighted by Crippen LogP contribution is -2.02. The third kappa shape index (κ3) is 1.08. The second-order valence-electron chi connectivity index (χ2n) is 2.23. The van der Waals surface area contributed by atoms with Crippen LogP contribution in [0.1, 0.15) is 6.42 Å². The largest absolute Gasteiger partial charge is 0.304 e. The molecule has 0 aromatic carbocycles. The molecule has 0 amide bonds. The maximum absolute atomic E-state index is 4.85. The summed E-state index contributed by atoms with van der Waals surface area (Å²) in [5, 5.41) is 0. The minimum Gasteiger partial charge on any atom is -0.304 e. The third-order valence-corrected chi connectivity index (χ3v) is 1.59. The van der Waals surface area contributed by atoms with Gasteiger partial charge >= 0.3 is 0 Å². The first-order valence-corrected chi connectivity index (χ1v) is 2.82. The molecule has 0 bridgehead atoms. The first-order valence-electron chi connectivity index (χ1n) is 2.82. The smallest absolute Gasteiger partial charge is 0.0713 e. The molecule has 46 valence electrons. The Morgan fingerprint density at radius 2 is 2.62 bits per heavy atom. The number of hydrogen-bond donors (Lipinski definition) is 1. The van der Waals surface area contributed by atoms with Gasteiger partial charge < -0.3 is 4.84 Å². The van der Waals surface area contributed by atoms with Gasteiger partial charge in [-0.1, -0.05) is 6.08 Å². The number of rotatable bonds is 3.